The van der Waals surface area contributed by atoms with Gasteiger partial charge in [-0.1, -0.05) is 59.2 Å². The molecule has 3 rings (SSSR count). The number of aromatic nitrogens is 2. The molecule has 0 unspecified atom stereocenters. The second-order valence-electron chi connectivity index (χ2n) is 5.34. The summed E-state index contributed by atoms with van der Waals surface area (Å²) in [6.07, 6.45) is 1.89. The van der Waals surface area contributed by atoms with Gasteiger partial charge >= 0.3 is 0 Å². The summed E-state index contributed by atoms with van der Waals surface area (Å²) in [6.45, 7) is 0.620. The number of nitrogens with zero attached hydrogens (tertiary/aromatic N) is 2. The first-order valence-corrected chi connectivity index (χ1v) is 9.17. The second-order valence-corrected chi connectivity index (χ2v) is 7.16. The smallest absolute Gasteiger partial charge is 0.168 e. The van der Waals surface area contributed by atoms with E-state index in [1.807, 2.05) is 54.7 Å². The Balaban J connectivity index is 1.75. The molecule has 0 atom stereocenters. The van der Waals surface area contributed by atoms with Crippen LogP contribution in [0.1, 0.15) is 16.8 Å². The average molecular weight is 379 g/mol. The monoisotopic (exact) mass is 378 g/mol. The molecule has 24 heavy (non-hydrogen) atoms. The summed E-state index contributed by atoms with van der Waals surface area (Å²) < 4.78 is 2.05. The van der Waals surface area contributed by atoms with Crippen molar-refractivity contribution in [3.05, 3.63) is 81.6 Å². The molecule has 0 saturated carbocycles. The van der Waals surface area contributed by atoms with Crippen molar-refractivity contribution in [3.8, 4) is 0 Å². The highest BCUT2D eigenvalue weighted by molar-refractivity contribution is 7.98. The van der Waals surface area contributed by atoms with E-state index in [-0.39, 0.29) is 6.61 Å². The van der Waals surface area contributed by atoms with Crippen LogP contribution in [0, 0.1) is 0 Å². The minimum Gasteiger partial charge on any atom is -0.390 e. The first-order valence-electron chi connectivity index (χ1n) is 7.42. The number of aliphatic hydroxyl groups excluding tert-OH is 1. The molecule has 0 aliphatic heterocycles. The Morgan fingerprint density at radius 2 is 1.50 bits per heavy atom. The fourth-order valence-electron chi connectivity index (χ4n) is 2.27. The second kappa shape index (κ2) is 8.08. The van der Waals surface area contributed by atoms with Crippen LogP contribution in [0.5, 0.6) is 0 Å². The van der Waals surface area contributed by atoms with Gasteiger partial charge in [0, 0.05) is 28.5 Å². The van der Waals surface area contributed by atoms with Gasteiger partial charge in [0.15, 0.2) is 5.16 Å². The maximum atomic E-state index is 9.38. The van der Waals surface area contributed by atoms with Gasteiger partial charge in [-0.25, -0.2) is 4.98 Å². The summed E-state index contributed by atoms with van der Waals surface area (Å²) in [6, 6.07) is 15.5. The molecule has 0 aliphatic carbocycles. The van der Waals surface area contributed by atoms with E-state index in [1.54, 1.807) is 11.8 Å². The molecule has 0 radical (unpaired) electrons. The topological polar surface area (TPSA) is 38.0 Å². The summed E-state index contributed by atoms with van der Waals surface area (Å²) in [5.74, 6) is 0.791. The lowest BCUT2D eigenvalue weighted by Crippen LogP contribution is -2.00. The van der Waals surface area contributed by atoms with E-state index >= 15 is 0 Å². The molecule has 1 aromatic heterocycles. The number of rotatable bonds is 6. The van der Waals surface area contributed by atoms with E-state index in [4.69, 9.17) is 23.2 Å². The molecule has 6 heteroatoms. The van der Waals surface area contributed by atoms with Crippen LogP contribution in [0.25, 0.3) is 0 Å². The third-order valence-electron chi connectivity index (χ3n) is 3.50. The highest BCUT2D eigenvalue weighted by Crippen LogP contribution is 2.24. The van der Waals surface area contributed by atoms with Crippen molar-refractivity contribution in [2.75, 3.05) is 0 Å². The van der Waals surface area contributed by atoms with Crippen LogP contribution in [0.2, 0.25) is 10.0 Å². The molecule has 3 aromatic rings. The minimum atomic E-state index is -0.0673. The quantitative estimate of drug-likeness (QED) is 0.611. The fraction of sp³-hybridized carbons (Fsp3) is 0.167. The van der Waals surface area contributed by atoms with Crippen LogP contribution in [0.3, 0.4) is 0 Å². The Morgan fingerprint density at radius 3 is 2.08 bits per heavy atom. The molecular formula is C18H16Cl2N2OS. The highest BCUT2D eigenvalue weighted by atomic mass is 35.5. The highest BCUT2D eigenvalue weighted by Gasteiger charge is 2.09. The summed E-state index contributed by atoms with van der Waals surface area (Å²) in [5.41, 5.74) is 2.98. The number of benzene rings is 2. The Bertz CT molecular complexity index is 801. The van der Waals surface area contributed by atoms with E-state index in [9.17, 15) is 5.11 Å². The first-order chi connectivity index (χ1) is 11.6. The molecule has 0 fully saturated rings. The zero-order valence-corrected chi connectivity index (χ0v) is 15.2. The predicted octanol–water partition coefficient (Wildman–Crippen LogP) is 5.02. The molecular weight excluding hydrogens is 363 g/mol. The molecule has 3 nitrogen and oxygen atoms in total. The van der Waals surface area contributed by atoms with Crippen molar-refractivity contribution < 1.29 is 5.11 Å². The van der Waals surface area contributed by atoms with Crippen LogP contribution in [0.15, 0.2) is 59.9 Å². The SMILES string of the molecule is OCc1cn(Cc2ccc(Cl)cc2)c(SCc2ccc(Cl)cc2)n1. The van der Waals surface area contributed by atoms with Crippen LogP contribution >= 0.6 is 35.0 Å². The predicted molar refractivity (Wildman–Crippen MR) is 99.7 cm³/mol. The van der Waals surface area contributed by atoms with Gasteiger partial charge in [-0.2, -0.15) is 0 Å². The van der Waals surface area contributed by atoms with Gasteiger partial charge in [-0.05, 0) is 35.4 Å². The number of aliphatic hydroxyl groups is 1. The van der Waals surface area contributed by atoms with Gasteiger partial charge in [0.2, 0.25) is 0 Å². The Morgan fingerprint density at radius 1 is 0.917 bits per heavy atom. The Labute approximate surface area is 155 Å². The number of halogens is 2. The average Bonchev–Trinajstić information content (AvgIpc) is 2.98. The number of hydrogen-bond acceptors (Lipinski definition) is 3. The minimum absolute atomic E-state index is 0.0673. The zero-order chi connectivity index (χ0) is 16.9. The van der Waals surface area contributed by atoms with Gasteiger partial charge in [-0.3, -0.25) is 0 Å². The van der Waals surface area contributed by atoms with Gasteiger partial charge in [-0.15, -0.1) is 0 Å². The summed E-state index contributed by atoms with van der Waals surface area (Å²) in [5, 5.41) is 11.7. The standard InChI is InChI=1S/C18H16Cl2N2OS/c19-15-5-1-13(2-6-15)9-22-10-17(11-23)21-18(22)24-12-14-3-7-16(20)8-4-14/h1-8,10,23H,9,11-12H2. The van der Waals surface area contributed by atoms with E-state index in [1.165, 1.54) is 5.56 Å². The van der Waals surface area contributed by atoms with Crippen molar-refractivity contribution in [1.29, 1.82) is 0 Å². The largest absolute Gasteiger partial charge is 0.390 e. The molecule has 1 N–H and O–H groups in total. The molecule has 0 bridgehead atoms. The first kappa shape index (κ1) is 17.4. The molecule has 1 heterocycles. The number of thioether (sulfide) groups is 1. The van der Waals surface area contributed by atoms with Crippen molar-refractivity contribution in [1.82, 2.24) is 9.55 Å². The van der Waals surface area contributed by atoms with Crippen LogP contribution in [-0.4, -0.2) is 14.7 Å². The van der Waals surface area contributed by atoms with Gasteiger partial charge in [0.25, 0.3) is 0 Å². The molecule has 2 aromatic carbocycles. The summed E-state index contributed by atoms with van der Waals surface area (Å²) in [4.78, 5) is 4.50. The van der Waals surface area contributed by atoms with Crippen LogP contribution < -0.4 is 0 Å². The molecule has 124 valence electrons. The Hall–Kier alpha value is -1.46. The molecule has 0 amide bonds. The van der Waals surface area contributed by atoms with E-state index in [0.29, 0.717) is 12.2 Å². The Kier molecular flexibility index (Phi) is 5.85. The van der Waals surface area contributed by atoms with Crippen LogP contribution in [0.4, 0.5) is 0 Å². The van der Waals surface area contributed by atoms with Crippen molar-refractivity contribution in [3.63, 3.8) is 0 Å². The summed E-state index contributed by atoms with van der Waals surface area (Å²) >= 11 is 13.5. The normalized spacial score (nSPS) is 11.0. The lowest BCUT2D eigenvalue weighted by atomic mass is 10.2. The van der Waals surface area contributed by atoms with Gasteiger partial charge < -0.3 is 9.67 Å². The summed E-state index contributed by atoms with van der Waals surface area (Å²) in [7, 11) is 0. The van der Waals surface area contributed by atoms with Crippen molar-refractivity contribution >= 4 is 35.0 Å². The molecule has 0 saturated heterocycles. The van der Waals surface area contributed by atoms with E-state index < -0.39 is 0 Å². The van der Waals surface area contributed by atoms with Gasteiger partial charge in [0.1, 0.15) is 0 Å². The van der Waals surface area contributed by atoms with Gasteiger partial charge in [0.05, 0.1) is 12.3 Å². The zero-order valence-electron chi connectivity index (χ0n) is 12.8. The van der Waals surface area contributed by atoms with Crippen molar-refractivity contribution in [2.24, 2.45) is 0 Å². The van der Waals surface area contributed by atoms with E-state index in [0.717, 1.165) is 26.5 Å². The molecule has 0 aliphatic rings. The maximum Gasteiger partial charge on any atom is 0.168 e. The number of hydrogen-bond donors (Lipinski definition) is 1. The maximum absolute atomic E-state index is 9.38. The lowest BCUT2D eigenvalue weighted by Gasteiger charge is -2.08. The fourth-order valence-corrected chi connectivity index (χ4v) is 3.48. The third-order valence-corrected chi connectivity index (χ3v) is 5.06. The van der Waals surface area contributed by atoms with E-state index in [2.05, 4.69) is 9.55 Å². The number of imidazole rings is 1. The third kappa shape index (κ3) is 4.54. The lowest BCUT2D eigenvalue weighted by molar-refractivity contribution is 0.277. The van der Waals surface area contributed by atoms with Crippen LogP contribution in [-0.2, 0) is 18.9 Å². The molecule has 0 spiro atoms. The van der Waals surface area contributed by atoms with Crippen molar-refractivity contribution in [2.45, 2.75) is 24.1 Å².